The van der Waals surface area contributed by atoms with E-state index in [1.165, 1.54) is 6.07 Å². The highest BCUT2D eigenvalue weighted by molar-refractivity contribution is 5.94. The highest BCUT2D eigenvalue weighted by atomic mass is 19.4. The summed E-state index contributed by atoms with van der Waals surface area (Å²) in [5, 5.41) is 2.84. The van der Waals surface area contributed by atoms with E-state index in [1.54, 1.807) is 10.6 Å². The first kappa shape index (κ1) is 18.1. The monoisotopic (exact) mass is 338 g/mol. The molecule has 1 aromatic carbocycles. The molecule has 0 spiro atoms. The van der Waals surface area contributed by atoms with Gasteiger partial charge in [0.25, 0.3) is 5.91 Å². The Morgan fingerprint density at radius 3 is 2.46 bits per heavy atom. The van der Waals surface area contributed by atoms with Gasteiger partial charge in [-0.05, 0) is 57.0 Å². The molecule has 0 aliphatic carbocycles. The zero-order valence-corrected chi connectivity index (χ0v) is 14.2. The molecule has 0 atom stereocenters. The average molecular weight is 338 g/mol. The molecular formula is C18H21F3N2O. The third kappa shape index (κ3) is 3.99. The maximum atomic E-state index is 12.9. The van der Waals surface area contributed by atoms with E-state index in [9.17, 15) is 18.0 Å². The van der Waals surface area contributed by atoms with Gasteiger partial charge in [0.05, 0.1) is 5.56 Å². The van der Waals surface area contributed by atoms with E-state index in [0.29, 0.717) is 11.3 Å². The van der Waals surface area contributed by atoms with Gasteiger partial charge >= 0.3 is 6.18 Å². The van der Waals surface area contributed by atoms with E-state index < -0.39 is 11.7 Å². The fourth-order valence-corrected chi connectivity index (χ4v) is 2.71. The van der Waals surface area contributed by atoms with Gasteiger partial charge in [0.15, 0.2) is 0 Å². The van der Waals surface area contributed by atoms with Gasteiger partial charge in [-0.25, -0.2) is 0 Å². The molecule has 3 nitrogen and oxygen atoms in total. The minimum Gasteiger partial charge on any atom is -0.349 e. The van der Waals surface area contributed by atoms with Crippen molar-refractivity contribution >= 4 is 5.91 Å². The number of alkyl halides is 3. The summed E-state index contributed by atoms with van der Waals surface area (Å²) in [6, 6.07) is 7.03. The predicted octanol–water partition coefficient (Wildman–Crippen LogP) is 4.31. The van der Waals surface area contributed by atoms with E-state index in [-0.39, 0.29) is 18.5 Å². The highest BCUT2D eigenvalue weighted by Gasteiger charge is 2.30. The first-order valence-corrected chi connectivity index (χ1v) is 7.73. The van der Waals surface area contributed by atoms with Crippen molar-refractivity contribution in [2.45, 2.75) is 46.5 Å². The second kappa shape index (κ2) is 6.71. The molecule has 1 N–H and O–H groups in total. The van der Waals surface area contributed by atoms with Gasteiger partial charge < -0.3 is 9.88 Å². The van der Waals surface area contributed by atoms with Crippen LogP contribution in [-0.2, 0) is 12.7 Å². The zero-order chi connectivity index (χ0) is 18.1. The molecule has 2 rings (SSSR count). The van der Waals surface area contributed by atoms with Crippen molar-refractivity contribution in [3.05, 3.63) is 58.4 Å². The number of nitrogens with zero attached hydrogens (tertiary/aromatic N) is 1. The topological polar surface area (TPSA) is 34.0 Å². The van der Waals surface area contributed by atoms with Gasteiger partial charge in [-0.15, -0.1) is 0 Å². The highest BCUT2D eigenvalue weighted by Crippen LogP contribution is 2.30. The molecule has 0 fully saturated rings. The summed E-state index contributed by atoms with van der Waals surface area (Å²) in [4.78, 5) is 12.4. The second-order valence-corrected chi connectivity index (χ2v) is 6.23. The maximum Gasteiger partial charge on any atom is 0.416 e. The lowest BCUT2D eigenvalue weighted by Gasteiger charge is -2.15. The van der Waals surface area contributed by atoms with Crippen molar-refractivity contribution in [3.63, 3.8) is 0 Å². The molecule has 1 heterocycles. The maximum absolute atomic E-state index is 12.9. The lowest BCUT2D eigenvalue weighted by atomic mass is 10.1. The van der Waals surface area contributed by atoms with Crippen molar-refractivity contribution in [2.24, 2.45) is 0 Å². The van der Waals surface area contributed by atoms with Gasteiger partial charge in [0.2, 0.25) is 0 Å². The summed E-state index contributed by atoms with van der Waals surface area (Å²) >= 11 is 0. The van der Waals surface area contributed by atoms with E-state index in [2.05, 4.69) is 5.32 Å². The van der Waals surface area contributed by atoms with Crippen LogP contribution in [0.25, 0.3) is 0 Å². The Morgan fingerprint density at radius 2 is 1.88 bits per heavy atom. The number of halogens is 3. The molecule has 0 saturated heterocycles. The molecular weight excluding hydrogens is 317 g/mol. The standard InChI is InChI=1S/C18H21F3N2O/c1-11(2)22-17(24)16-12(3)8-13(4)23(16)10-14-6-5-7-15(9-14)18(19,20)21/h5-9,11H,10H2,1-4H3,(H,22,24). The number of hydrogen-bond acceptors (Lipinski definition) is 1. The number of aromatic nitrogens is 1. The van der Waals surface area contributed by atoms with Crippen LogP contribution in [0.15, 0.2) is 30.3 Å². The minimum absolute atomic E-state index is 0.0193. The first-order valence-electron chi connectivity index (χ1n) is 7.73. The SMILES string of the molecule is Cc1cc(C)n(Cc2cccc(C(F)(F)F)c2)c1C(=O)NC(C)C. The lowest BCUT2D eigenvalue weighted by molar-refractivity contribution is -0.137. The summed E-state index contributed by atoms with van der Waals surface area (Å²) < 4.78 is 40.4. The molecule has 0 radical (unpaired) electrons. The first-order chi connectivity index (χ1) is 11.1. The Kier molecular flexibility index (Phi) is 5.06. The number of benzene rings is 1. The molecule has 6 heteroatoms. The molecule has 1 amide bonds. The van der Waals surface area contributed by atoms with Gasteiger partial charge in [0, 0.05) is 18.3 Å². The summed E-state index contributed by atoms with van der Waals surface area (Å²) in [6.07, 6.45) is -4.38. The number of amides is 1. The van der Waals surface area contributed by atoms with E-state index in [1.807, 2.05) is 33.8 Å². The average Bonchev–Trinajstić information content (AvgIpc) is 2.72. The molecule has 24 heavy (non-hydrogen) atoms. The van der Waals surface area contributed by atoms with Crippen LogP contribution in [0, 0.1) is 13.8 Å². The van der Waals surface area contributed by atoms with Crippen LogP contribution in [-0.4, -0.2) is 16.5 Å². The van der Waals surface area contributed by atoms with Crippen LogP contribution in [0.5, 0.6) is 0 Å². The van der Waals surface area contributed by atoms with Gasteiger partial charge in [-0.3, -0.25) is 4.79 Å². The number of nitrogens with one attached hydrogen (secondary N) is 1. The molecule has 0 bridgehead atoms. The van der Waals surface area contributed by atoms with Crippen molar-refractivity contribution in [1.82, 2.24) is 9.88 Å². The van der Waals surface area contributed by atoms with E-state index >= 15 is 0 Å². The summed E-state index contributed by atoms with van der Waals surface area (Å²) in [5.41, 5.74) is 1.94. The van der Waals surface area contributed by atoms with Crippen LogP contribution < -0.4 is 5.32 Å². The van der Waals surface area contributed by atoms with E-state index in [0.717, 1.165) is 23.4 Å². The third-order valence-corrected chi connectivity index (χ3v) is 3.72. The normalized spacial score (nSPS) is 11.8. The molecule has 0 saturated carbocycles. The van der Waals surface area contributed by atoms with Crippen LogP contribution in [0.3, 0.4) is 0 Å². The fourth-order valence-electron chi connectivity index (χ4n) is 2.71. The molecule has 0 aliphatic heterocycles. The van der Waals surface area contributed by atoms with Crippen molar-refractivity contribution in [3.8, 4) is 0 Å². The Morgan fingerprint density at radius 1 is 1.21 bits per heavy atom. The number of hydrogen-bond donors (Lipinski definition) is 1. The molecule has 130 valence electrons. The molecule has 2 aromatic rings. The van der Waals surface area contributed by atoms with E-state index in [4.69, 9.17) is 0 Å². The zero-order valence-electron chi connectivity index (χ0n) is 14.2. The summed E-state index contributed by atoms with van der Waals surface area (Å²) in [5.74, 6) is -0.220. The summed E-state index contributed by atoms with van der Waals surface area (Å²) in [6.45, 7) is 7.60. The number of carbonyl (C=O) groups is 1. The van der Waals surface area contributed by atoms with Crippen LogP contribution in [0.2, 0.25) is 0 Å². The Hall–Kier alpha value is -2.24. The predicted molar refractivity (Wildman–Crippen MR) is 87.1 cm³/mol. The number of aryl methyl sites for hydroxylation is 2. The van der Waals surface area contributed by atoms with Crippen molar-refractivity contribution in [2.75, 3.05) is 0 Å². The number of carbonyl (C=O) groups excluding carboxylic acids is 1. The van der Waals surface area contributed by atoms with Crippen LogP contribution >= 0.6 is 0 Å². The fraction of sp³-hybridized carbons (Fsp3) is 0.389. The smallest absolute Gasteiger partial charge is 0.349 e. The molecule has 0 unspecified atom stereocenters. The Bertz CT molecular complexity index is 745. The van der Waals surface area contributed by atoms with Crippen molar-refractivity contribution in [1.29, 1.82) is 0 Å². The lowest BCUT2D eigenvalue weighted by Crippen LogP contribution is -2.32. The third-order valence-electron chi connectivity index (χ3n) is 3.72. The quantitative estimate of drug-likeness (QED) is 0.885. The minimum atomic E-state index is -4.38. The molecule has 1 aromatic heterocycles. The number of rotatable bonds is 4. The second-order valence-electron chi connectivity index (χ2n) is 6.23. The van der Waals surface area contributed by atoms with Crippen LogP contribution in [0.1, 0.15) is 46.7 Å². The summed E-state index contributed by atoms with van der Waals surface area (Å²) in [7, 11) is 0. The largest absolute Gasteiger partial charge is 0.416 e. The van der Waals surface area contributed by atoms with Crippen LogP contribution in [0.4, 0.5) is 13.2 Å². The molecule has 0 aliphatic rings. The van der Waals surface area contributed by atoms with Crippen molar-refractivity contribution < 1.29 is 18.0 Å². The van der Waals surface area contributed by atoms with Gasteiger partial charge in [0.1, 0.15) is 5.69 Å². The Balaban J connectivity index is 2.39. The van der Waals surface area contributed by atoms with Gasteiger partial charge in [-0.2, -0.15) is 13.2 Å². The van der Waals surface area contributed by atoms with Gasteiger partial charge in [-0.1, -0.05) is 12.1 Å². The Labute approximate surface area is 139 Å².